The van der Waals surface area contributed by atoms with Crippen molar-refractivity contribution in [3.05, 3.63) is 70.8 Å². The van der Waals surface area contributed by atoms with E-state index in [9.17, 15) is 4.79 Å². The zero-order valence-electron chi connectivity index (χ0n) is 9.39. The van der Waals surface area contributed by atoms with Crippen molar-refractivity contribution >= 4 is 5.78 Å². The van der Waals surface area contributed by atoms with Crippen LogP contribution in [-0.4, -0.2) is 5.78 Å². The first-order valence-electron chi connectivity index (χ1n) is 6.07. The van der Waals surface area contributed by atoms with Gasteiger partial charge in [-0.2, -0.15) is 0 Å². The minimum Gasteiger partial charge on any atom is -0.293 e. The molecule has 2 aromatic rings. The van der Waals surface area contributed by atoms with Crippen molar-refractivity contribution in [2.45, 2.75) is 18.3 Å². The molecule has 0 aromatic heterocycles. The first kappa shape index (κ1) is 9.17. The number of rotatable bonds is 0. The van der Waals surface area contributed by atoms with E-state index in [2.05, 4.69) is 24.3 Å². The van der Waals surface area contributed by atoms with Crippen molar-refractivity contribution in [3.8, 4) is 0 Å². The lowest BCUT2D eigenvalue weighted by molar-refractivity contribution is 0.0968. The van der Waals surface area contributed by atoms with E-state index >= 15 is 0 Å². The fourth-order valence-electron chi connectivity index (χ4n) is 3.42. The van der Waals surface area contributed by atoms with Gasteiger partial charge in [0.2, 0.25) is 0 Å². The molecule has 0 N–H and O–H groups in total. The van der Waals surface area contributed by atoms with Crippen molar-refractivity contribution in [2.75, 3.05) is 0 Å². The van der Waals surface area contributed by atoms with E-state index in [-0.39, 0.29) is 5.92 Å². The second-order valence-corrected chi connectivity index (χ2v) is 4.94. The van der Waals surface area contributed by atoms with E-state index in [4.69, 9.17) is 0 Å². The number of hydrogen-bond donors (Lipinski definition) is 0. The second-order valence-electron chi connectivity index (χ2n) is 4.94. The van der Waals surface area contributed by atoms with E-state index in [1.54, 1.807) is 0 Å². The van der Waals surface area contributed by atoms with Gasteiger partial charge in [0.1, 0.15) is 0 Å². The molecule has 2 aromatic carbocycles. The third-order valence-electron chi connectivity index (χ3n) is 4.14. The van der Waals surface area contributed by atoms with Crippen molar-refractivity contribution < 1.29 is 4.79 Å². The predicted molar refractivity (Wildman–Crippen MR) is 66.4 cm³/mol. The molecule has 17 heavy (non-hydrogen) atoms. The Balaban J connectivity index is 1.94. The van der Waals surface area contributed by atoms with Gasteiger partial charge in [-0.3, -0.25) is 4.79 Å². The number of carbonyl (C=O) groups excluding carboxylic acids is 1. The summed E-state index contributed by atoms with van der Waals surface area (Å²) in [6, 6.07) is 16.5. The van der Waals surface area contributed by atoms with E-state index in [1.165, 1.54) is 16.7 Å². The molecule has 0 spiro atoms. The van der Waals surface area contributed by atoms with Crippen LogP contribution in [-0.2, 0) is 6.42 Å². The van der Waals surface area contributed by atoms with E-state index in [0.29, 0.717) is 11.7 Å². The van der Waals surface area contributed by atoms with E-state index < -0.39 is 0 Å². The second kappa shape index (κ2) is 3.07. The highest BCUT2D eigenvalue weighted by Gasteiger charge is 2.44. The lowest BCUT2D eigenvalue weighted by Gasteiger charge is -2.08. The Labute approximate surface area is 100 Å². The summed E-state index contributed by atoms with van der Waals surface area (Å²) < 4.78 is 0. The molecule has 0 amide bonds. The fourth-order valence-corrected chi connectivity index (χ4v) is 3.42. The minimum absolute atomic E-state index is 0.0867. The van der Waals surface area contributed by atoms with Gasteiger partial charge in [-0.05, 0) is 23.1 Å². The molecular weight excluding hydrogens is 208 g/mol. The lowest BCUT2D eigenvalue weighted by Crippen LogP contribution is -2.06. The lowest BCUT2D eigenvalue weighted by atomic mass is 9.93. The molecule has 1 heteroatoms. The summed E-state index contributed by atoms with van der Waals surface area (Å²) in [5.41, 5.74) is 4.79. The zero-order chi connectivity index (χ0) is 11.4. The maximum atomic E-state index is 12.4. The molecular formula is C16H12O. The van der Waals surface area contributed by atoms with Gasteiger partial charge in [0, 0.05) is 11.5 Å². The number of hydrogen-bond acceptors (Lipinski definition) is 1. The third-order valence-corrected chi connectivity index (χ3v) is 4.14. The van der Waals surface area contributed by atoms with Crippen LogP contribution >= 0.6 is 0 Å². The third kappa shape index (κ3) is 1.06. The van der Waals surface area contributed by atoms with Crippen molar-refractivity contribution in [1.82, 2.24) is 0 Å². The summed E-state index contributed by atoms with van der Waals surface area (Å²) in [7, 11) is 0. The van der Waals surface area contributed by atoms with Crippen molar-refractivity contribution in [3.63, 3.8) is 0 Å². The molecule has 2 unspecified atom stereocenters. The Morgan fingerprint density at radius 1 is 0.882 bits per heavy atom. The van der Waals surface area contributed by atoms with Crippen molar-refractivity contribution in [1.29, 1.82) is 0 Å². The highest BCUT2D eigenvalue weighted by molar-refractivity contribution is 6.07. The topological polar surface area (TPSA) is 17.1 Å². The van der Waals surface area contributed by atoms with Crippen molar-refractivity contribution in [2.24, 2.45) is 0 Å². The Hall–Kier alpha value is -1.89. The van der Waals surface area contributed by atoms with Crippen LogP contribution < -0.4 is 0 Å². The van der Waals surface area contributed by atoms with Gasteiger partial charge in [0.05, 0.1) is 5.92 Å². The molecule has 82 valence electrons. The van der Waals surface area contributed by atoms with Crippen LogP contribution in [0.1, 0.15) is 38.9 Å². The van der Waals surface area contributed by atoms with Gasteiger partial charge < -0.3 is 0 Å². The fraction of sp³-hybridized carbons (Fsp3) is 0.188. The molecule has 1 nitrogen and oxygen atoms in total. The van der Waals surface area contributed by atoms with Gasteiger partial charge in [-0.15, -0.1) is 0 Å². The molecule has 0 bridgehead atoms. The van der Waals surface area contributed by atoms with Crippen LogP contribution in [0.25, 0.3) is 0 Å². The van der Waals surface area contributed by atoms with Gasteiger partial charge in [-0.25, -0.2) is 0 Å². The minimum atomic E-state index is 0.0867. The summed E-state index contributed by atoms with van der Waals surface area (Å²) in [6.07, 6.45) is 1.02. The SMILES string of the molecule is O=C1c2ccccc2C2Cc3ccccc3C12. The standard InChI is InChI=1S/C16H12O/c17-16-13-8-4-3-7-12(13)14-9-10-5-1-2-6-11(10)15(14)16/h1-8,14-15H,9H2. The maximum Gasteiger partial charge on any atom is 0.171 e. The average molecular weight is 220 g/mol. The van der Waals surface area contributed by atoms with Gasteiger partial charge in [-0.1, -0.05) is 48.5 Å². The van der Waals surface area contributed by atoms with Gasteiger partial charge in [0.15, 0.2) is 5.78 Å². The summed E-state index contributed by atoms with van der Waals surface area (Å²) in [5, 5.41) is 0. The molecule has 2 aliphatic carbocycles. The number of fused-ring (bicyclic) bond motifs is 5. The predicted octanol–water partition coefficient (Wildman–Crippen LogP) is 3.31. The number of benzene rings is 2. The first-order chi connectivity index (χ1) is 8.36. The van der Waals surface area contributed by atoms with Crippen LogP contribution in [0, 0.1) is 0 Å². The summed E-state index contributed by atoms with van der Waals surface area (Å²) in [4.78, 5) is 12.4. The van der Waals surface area contributed by atoms with E-state index in [1.807, 2.05) is 24.3 Å². The smallest absolute Gasteiger partial charge is 0.171 e. The molecule has 0 aliphatic heterocycles. The summed E-state index contributed by atoms with van der Waals surface area (Å²) in [6.45, 7) is 0. The molecule has 0 saturated heterocycles. The Kier molecular flexibility index (Phi) is 1.66. The number of Topliss-reactive ketones (excluding diaryl/α,β-unsaturated/α-hetero) is 1. The molecule has 0 heterocycles. The van der Waals surface area contributed by atoms with Crippen LogP contribution in [0.3, 0.4) is 0 Å². The Morgan fingerprint density at radius 2 is 1.59 bits per heavy atom. The number of carbonyl (C=O) groups is 1. The number of ketones is 1. The van der Waals surface area contributed by atoms with Gasteiger partial charge >= 0.3 is 0 Å². The highest BCUT2D eigenvalue weighted by Crippen LogP contribution is 2.51. The zero-order valence-corrected chi connectivity index (χ0v) is 9.39. The Morgan fingerprint density at radius 3 is 2.47 bits per heavy atom. The van der Waals surface area contributed by atoms with Crippen LogP contribution in [0.2, 0.25) is 0 Å². The molecule has 0 fully saturated rings. The largest absolute Gasteiger partial charge is 0.293 e. The highest BCUT2D eigenvalue weighted by atomic mass is 16.1. The average Bonchev–Trinajstić information content (AvgIpc) is 2.88. The van der Waals surface area contributed by atoms with Gasteiger partial charge in [0.25, 0.3) is 0 Å². The Bertz CT molecular complexity index is 627. The normalized spacial score (nSPS) is 24.4. The van der Waals surface area contributed by atoms with Crippen LogP contribution in [0.15, 0.2) is 48.5 Å². The summed E-state index contributed by atoms with van der Waals surface area (Å²) >= 11 is 0. The van der Waals surface area contributed by atoms with Crippen LogP contribution in [0.5, 0.6) is 0 Å². The van der Waals surface area contributed by atoms with Crippen LogP contribution in [0.4, 0.5) is 0 Å². The molecule has 0 radical (unpaired) electrons. The molecule has 2 atom stereocenters. The maximum absolute atomic E-state index is 12.4. The summed E-state index contributed by atoms with van der Waals surface area (Å²) in [5.74, 6) is 0.787. The first-order valence-corrected chi connectivity index (χ1v) is 6.07. The molecule has 4 rings (SSSR count). The quantitative estimate of drug-likeness (QED) is 0.665. The van der Waals surface area contributed by atoms with E-state index in [0.717, 1.165) is 12.0 Å². The molecule has 0 saturated carbocycles. The molecule has 2 aliphatic rings. The monoisotopic (exact) mass is 220 g/mol.